The van der Waals surface area contributed by atoms with E-state index in [1.807, 2.05) is 19.1 Å². The Balaban J connectivity index is 0.000000976. The molecular formula is C35H49NO3. The molecule has 0 spiro atoms. The normalized spacial score (nSPS) is 12.5. The molecule has 0 aliphatic carbocycles. The van der Waals surface area contributed by atoms with Crippen molar-refractivity contribution in [2.45, 2.75) is 106 Å². The lowest BCUT2D eigenvalue weighted by Crippen LogP contribution is -2.26. The first kappa shape index (κ1) is 32.2. The maximum absolute atomic E-state index is 10.9. The third kappa shape index (κ3) is 9.32. The quantitative estimate of drug-likeness (QED) is 0.275. The van der Waals surface area contributed by atoms with Crippen LogP contribution in [0.3, 0.4) is 0 Å². The number of aryl methyl sites for hydroxylation is 3. The molecule has 1 aromatic heterocycles. The summed E-state index contributed by atoms with van der Waals surface area (Å²) in [7, 11) is 0. The lowest BCUT2D eigenvalue weighted by atomic mass is 9.69. The Morgan fingerprint density at radius 3 is 1.90 bits per heavy atom. The Labute approximate surface area is 236 Å². The van der Waals surface area contributed by atoms with Crippen molar-refractivity contribution < 1.29 is 15.0 Å². The van der Waals surface area contributed by atoms with Gasteiger partial charge in [-0.15, -0.1) is 0 Å². The summed E-state index contributed by atoms with van der Waals surface area (Å²) in [6.07, 6.45) is 5.01. The number of carboxylic acid groups (broad SMARTS) is 1. The van der Waals surface area contributed by atoms with Crippen molar-refractivity contribution in [1.82, 2.24) is 4.98 Å². The lowest BCUT2D eigenvalue weighted by molar-refractivity contribution is -0.136. The average Bonchev–Trinajstić information content (AvgIpc) is 2.84. The van der Waals surface area contributed by atoms with Crippen LogP contribution in [-0.2, 0) is 23.1 Å². The molecule has 1 unspecified atom stereocenters. The van der Waals surface area contributed by atoms with Crippen LogP contribution in [0, 0.1) is 19.3 Å². The van der Waals surface area contributed by atoms with E-state index in [0.29, 0.717) is 11.0 Å². The summed E-state index contributed by atoms with van der Waals surface area (Å²) in [5.74, 6) is -0.850. The molecule has 0 bridgehead atoms. The van der Waals surface area contributed by atoms with Gasteiger partial charge in [0.2, 0.25) is 0 Å². The molecule has 0 fully saturated rings. The largest absolute Gasteiger partial charge is 0.481 e. The van der Waals surface area contributed by atoms with Gasteiger partial charge in [0.05, 0.1) is 18.2 Å². The molecule has 0 aliphatic rings. The molecule has 2 aromatic carbocycles. The maximum Gasteiger partial charge on any atom is 0.307 e. The molecule has 4 nitrogen and oxygen atoms in total. The number of aromatic nitrogens is 1. The molecule has 1 atom stereocenters. The summed E-state index contributed by atoms with van der Waals surface area (Å²) in [6, 6.07) is 17.2. The van der Waals surface area contributed by atoms with Gasteiger partial charge in [-0.2, -0.15) is 0 Å². The SMILES string of the molecule is CC(C)(C)C.CCC(CC)(c1ccc(CCC(C)O)c(C)c1)c1ccc(-c2ccc(CC(=O)O)cn2)c(C)c1. The molecule has 212 valence electrons. The number of pyridine rings is 1. The van der Waals surface area contributed by atoms with Gasteiger partial charge in [0.15, 0.2) is 0 Å². The van der Waals surface area contributed by atoms with Crippen LogP contribution in [0.4, 0.5) is 0 Å². The Kier molecular flexibility index (Phi) is 11.5. The molecular weight excluding hydrogens is 482 g/mol. The number of hydrogen-bond donors (Lipinski definition) is 2. The summed E-state index contributed by atoms with van der Waals surface area (Å²) in [5, 5.41) is 18.7. The number of aliphatic hydroxyl groups excluding tert-OH is 1. The number of rotatable bonds is 10. The Hall–Kier alpha value is -2.98. The highest BCUT2D eigenvalue weighted by molar-refractivity contribution is 5.71. The first-order valence-electron chi connectivity index (χ1n) is 14.3. The van der Waals surface area contributed by atoms with E-state index in [1.165, 1.54) is 22.3 Å². The third-order valence-corrected chi connectivity index (χ3v) is 7.17. The highest BCUT2D eigenvalue weighted by Crippen LogP contribution is 2.41. The predicted molar refractivity (Wildman–Crippen MR) is 163 cm³/mol. The average molecular weight is 532 g/mol. The van der Waals surface area contributed by atoms with Gasteiger partial charge in [0, 0.05) is 17.2 Å². The van der Waals surface area contributed by atoms with E-state index >= 15 is 0 Å². The summed E-state index contributed by atoms with van der Waals surface area (Å²) < 4.78 is 0. The van der Waals surface area contributed by atoms with E-state index in [2.05, 4.69) is 96.8 Å². The van der Waals surface area contributed by atoms with E-state index in [-0.39, 0.29) is 17.9 Å². The van der Waals surface area contributed by atoms with Gasteiger partial charge in [0.1, 0.15) is 0 Å². The lowest BCUT2D eigenvalue weighted by Gasteiger charge is -2.34. The van der Waals surface area contributed by atoms with Gasteiger partial charge in [-0.25, -0.2) is 0 Å². The van der Waals surface area contributed by atoms with E-state index < -0.39 is 5.97 Å². The minimum atomic E-state index is -0.850. The fraction of sp³-hybridized carbons (Fsp3) is 0.486. The van der Waals surface area contributed by atoms with E-state index in [9.17, 15) is 9.90 Å². The van der Waals surface area contributed by atoms with Crippen molar-refractivity contribution in [3.63, 3.8) is 0 Å². The topological polar surface area (TPSA) is 70.4 Å². The minimum absolute atomic E-state index is 0.0159. The second-order valence-corrected chi connectivity index (χ2v) is 12.5. The maximum atomic E-state index is 10.9. The van der Waals surface area contributed by atoms with E-state index in [0.717, 1.165) is 42.5 Å². The zero-order chi connectivity index (χ0) is 29.4. The molecule has 0 amide bonds. The van der Waals surface area contributed by atoms with Crippen molar-refractivity contribution in [3.8, 4) is 11.3 Å². The van der Waals surface area contributed by atoms with E-state index in [4.69, 9.17) is 5.11 Å². The number of nitrogens with zero attached hydrogens (tertiary/aromatic N) is 1. The van der Waals surface area contributed by atoms with Crippen molar-refractivity contribution in [3.05, 3.63) is 88.1 Å². The number of benzene rings is 2. The van der Waals surface area contributed by atoms with Crippen molar-refractivity contribution in [1.29, 1.82) is 0 Å². The molecule has 4 heteroatoms. The highest BCUT2D eigenvalue weighted by Gasteiger charge is 2.31. The fourth-order valence-corrected chi connectivity index (χ4v) is 4.98. The van der Waals surface area contributed by atoms with Gasteiger partial charge in [-0.3, -0.25) is 9.78 Å². The van der Waals surface area contributed by atoms with E-state index in [1.54, 1.807) is 6.20 Å². The molecule has 3 aromatic rings. The molecule has 1 heterocycles. The van der Waals surface area contributed by atoms with Crippen LogP contribution in [0.1, 0.15) is 101 Å². The first-order valence-corrected chi connectivity index (χ1v) is 14.3. The van der Waals surface area contributed by atoms with Crippen LogP contribution >= 0.6 is 0 Å². The van der Waals surface area contributed by atoms with Crippen LogP contribution in [0.15, 0.2) is 54.7 Å². The number of aliphatic carboxylic acids is 1. The molecule has 0 saturated heterocycles. The second-order valence-electron chi connectivity index (χ2n) is 12.5. The van der Waals surface area contributed by atoms with Gasteiger partial charge >= 0.3 is 5.97 Å². The van der Waals surface area contributed by atoms with Crippen molar-refractivity contribution in [2.75, 3.05) is 0 Å². The first-order chi connectivity index (χ1) is 18.2. The molecule has 0 aliphatic heterocycles. The molecule has 39 heavy (non-hydrogen) atoms. The third-order valence-electron chi connectivity index (χ3n) is 7.17. The fourth-order valence-electron chi connectivity index (χ4n) is 4.98. The van der Waals surface area contributed by atoms with Crippen molar-refractivity contribution >= 4 is 5.97 Å². The van der Waals surface area contributed by atoms with Gasteiger partial charge in [-0.1, -0.05) is 84.0 Å². The number of hydrogen-bond acceptors (Lipinski definition) is 3. The van der Waals surface area contributed by atoms with Crippen LogP contribution in [0.2, 0.25) is 0 Å². The number of aliphatic hydroxyl groups is 1. The summed E-state index contributed by atoms with van der Waals surface area (Å²) in [6.45, 7) is 19.4. The monoisotopic (exact) mass is 531 g/mol. The Morgan fingerprint density at radius 2 is 1.46 bits per heavy atom. The van der Waals surface area contributed by atoms with Gasteiger partial charge < -0.3 is 10.2 Å². The van der Waals surface area contributed by atoms with Crippen LogP contribution in [0.5, 0.6) is 0 Å². The molecule has 0 radical (unpaired) electrons. The van der Waals surface area contributed by atoms with Crippen LogP contribution < -0.4 is 0 Å². The van der Waals surface area contributed by atoms with Gasteiger partial charge in [-0.05, 0) is 91.3 Å². The van der Waals surface area contributed by atoms with Gasteiger partial charge in [0.25, 0.3) is 0 Å². The summed E-state index contributed by atoms with van der Waals surface area (Å²) >= 11 is 0. The van der Waals surface area contributed by atoms with Crippen LogP contribution in [0.25, 0.3) is 11.3 Å². The Bertz CT molecular complexity index is 1210. The number of carbonyl (C=O) groups is 1. The summed E-state index contributed by atoms with van der Waals surface area (Å²) in [4.78, 5) is 15.5. The Morgan fingerprint density at radius 1 is 0.897 bits per heavy atom. The zero-order valence-corrected chi connectivity index (χ0v) is 25.6. The minimum Gasteiger partial charge on any atom is -0.481 e. The molecule has 0 saturated carbocycles. The standard InChI is InChI=1S/C30H37NO3.C5H12/c1-6-30(7-2,25-12-11-24(20(3)16-25)10-8-22(5)32)26-13-14-27(21(4)17-26)28-15-9-23(19-31-28)18-29(33)34;1-5(2,3)4/h9,11-17,19,22,32H,6-8,10,18H2,1-5H3,(H,33,34);1-4H3. The summed E-state index contributed by atoms with van der Waals surface area (Å²) in [5.41, 5.74) is 9.43. The molecule has 3 rings (SSSR count). The van der Waals surface area contributed by atoms with Crippen molar-refractivity contribution in [2.24, 2.45) is 5.41 Å². The zero-order valence-electron chi connectivity index (χ0n) is 25.6. The molecule has 2 N–H and O–H groups in total. The number of carboxylic acids is 1. The highest BCUT2D eigenvalue weighted by atomic mass is 16.4. The second kappa shape index (κ2) is 13.9. The van der Waals surface area contributed by atoms with Crippen LogP contribution in [-0.4, -0.2) is 27.3 Å². The predicted octanol–water partition coefficient (Wildman–Crippen LogP) is 8.46. The smallest absolute Gasteiger partial charge is 0.307 e.